The molecule has 5 aromatic carbocycles. The Hall–Kier alpha value is -3.76. The summed E-state index contributed by atoms with van der Waals surface area (Å²) in [6.07, 6.45) is 1.05. The van der Waals surface area contributed by atoms with Crippen molar-refractivity contribution in [1.29, 1.82) is 0 Å². The summed E-state index contributed by atoms with van der Waals surface area (Å²) in [6, 6.07) is 37.5. The van der Waals surface area contributed by atoms with E-state index in [-0.39, 0.29) is 21.7 Å². The lowest BCUT2D eigenvalue weighted by atomic mass is 9.82. The van der Waals surface area contributed by atoms with Crippen LogP contribution in [0.1, 0.15) is 112 Å². The molecule has 5 heteroatoms. The van der Waals surface area contributed by atoms with E-state index in [1.165, 1.54) is 32.3 Å². The van der Waals surface area contributed by atoms with Crippen LogP contribution in [0.4, 0.5) is 34.1 Å². The molecule has 0 saturated heterocycles. The second-order valence-electron chi connectivity index (χ2n) is 18.4. The Balaban J connectivity index is 1.60. The van der Waals surface area contributed by atoms with Crippen molar-refractivity contribution in [3.8, 4) is 0 Å². The highest BCUT2D eigenvalue weighted by atomic mass is 35.5. The quantitative estimate of drug-likeness (QED) is 0.152. The molecule has 1 aromatic heterocycles. The van der Waals surface area contributed by atoms with Crippen LogP contribution in [0.2, 0.25) is 10.0 Å². The lowest BCUT2D eigenvalue weighted by Crippen LogP contribution is -2.17. The number of hydrogen-bond acceptors (Lipinski definition) is 3. The van der Waals surface area contributed by atoms with Crippen molar-refractivity contribution >= 4 is 78.7 Å². The summed E-state index contributed by atoms with van der Waals surface area (Å²) in [5, 5.41) is 4.79. The zero-order valence-electron chi connectivity index (χ0n) is 34.2. The number of benzene rings is 5. The molecule has 0 radical (unpaired) electrons. The van der Waals surface area contributed by atoms with E-state index in [1.807, 2.05) is 0 Å². The number of fused-ring (bicyclic) bond motifs is 1. The van der Waals surface area contributed by atoms with Crippen molar-refractivity contribution in [2.75, 3.05) is 9.80 Å². The predicted octanol–water partition coefficient (Wildman–Crippen LogP) is 16.7. The number of rotatable bonds is 8. The van der Waals surface area contributed by atoms with Gasteiger partial charge in [-0.3, -0.25) is 0 Å². The van der Waals surface area contributed by atoms with Gasteiger partial charge in [-0.25, -0.2) is 0 Å². The van der Waals surface area contributed by atoms with Gasteiger partial charge in [0.1, 0.15) is 0 Å². The lowest BCUT2D eigenvalue weighted by Gasteiger charge is -2.32. The summed E-state index contributed by atoms with van der Waals surface area (Å²) in [5.74, 6) is 0. The average Bonchev–Trinajstić information content (AvgIpc) is 3.53. The molecule has 2 nitrogen and oxygen atoms in total. The minimum absolute atomic E-state index is 0.00828. The van der Waals surface area contributed by atoms with Crippen molar-refractivity contribution in [3.05, 3.63) is 141 Å². The Morgan fingerprint density at radius 3 is 1.46 bits per heavy atom. The molecule has 0 amide bonds. The number of hydrogen-bond donors (Lipinski definition) is 0. The molecule has 0 unspecified atom stereocenters. The van der Waals surface area contributed by atoms with Gasteiger partial charge in [0.25, 0.3) is 0 Å². The fourth-order valence-corrected chi connectivity index (χ4v) is 8.32. The van der Waals surface area contributed by atoms with Crippen molar-refractivity contribution in [3.63, 3.8) is 0 Å². The molecule has 6 rings (SSSR count). The van der Waals surface area contributed by atoms with Gasteiger partial charge in [0.15, 0.2) is 0 Å². The summed E-state index contributed by atoms with van der Waals surface area (Å²) >= 11 is 16.8. The summed E-state index contributed by atoms with van der Waals surface area (Å²) in [4.78, 5) is 4.55. The summed E-state index contributed by atoms with van der Waals surface area (Å²) in [5.41, 5.74) is 10.9. The number of halogens is 2. The highest BCUT2D eigenvalue weighted by Crippen LogP contribution is 2.50. The normalized spacial score (nSPS) is 12.7. The molecule has 282 valence electrons. The molecular formula is C49H56Cl2N2S. The highest BCUT2D eigenvalue weighted by molar-refractivity contribution is 7.17. The van der Waals surface area contributed by atoms with E-state index in [0.29, 0.717) is 10.0 Å². The monoisotopic (exact) mass is 774 g/mol. The Labute approximate surface area is 338 Å². The fourth-order valence-electron chi connectivity index (χ4n) is 6.86. The van der Waals surface area contributed by atoms with Crippen molar-refractivity contribution < 1.29 is 0 Å². The van der Waals surface area contributed by atoms with Gasteiger partial charge in [-0.15, -0.1) is 11.3 Å². The van der Waals surface area contributed by atoms with E-state index in [2.05, 4.69) is 201 Å². The molecule has 0 aliphatic rings. The van der Waals surface area contributed by atoms with Crippen LogP contribution in [0, 0.1) is 0 Å². The number of thiophene rings is 1. The van der Waals surface area contributed by atoms with Gasteiger partial charge in [-0.2, -0.15) is 0 Å². The molecule has 0 aliphatic carbocycles. The van der Waals surface area contributed by atoms with E-state index in [0.717, 1.165) is 40.5 Å². The van der Waals surface area contributed by atoms with Crippen LogP contribution < -0.4 is 9.80 Å². The minimum Gasteiger partial charge on any atom is -0.307 e. The lowest BCUT2D eigenvalue weighted by molar-refractivity contribution is 0.506. The van der Waals surface area contributed by atoms with Crippen LogP contribution >= 0.6 is 34.5 Å². The molecule has 0 N–H and O–H groups in total. The van der Waals surface area contributed by atoms with E-state index in [9.17, 15) is 0 Å². The molecule has 0 fully saturated rings. The Kier molecular flexibility index (Phi) is 10.9. The number of nitrogens with zero attached hydrogens (tertiary/aromatic N) is 2. The van der Waals surface area contributed by atoms with Crippen molar-refractivity contribution in [1.82, 2.24) is 0 Å². The molecule has 0 atom stereocenters. The predicted molar refractivity (Wildman–Crippen MR) is 241 cm³/mol. The first-order valence-electron chi connectivity index (χ1n) is 19.1. The van der Waals surface area contributed by atoms with Gasteiger partial charge < -0.3 is 9.80 Å². The van der Waals surface area contributed by atoms with Crippen LogP contribution in [-0.2, 0) is 21.7 Å². The second kappa shape index (κ2) is 14.7. The first-order valence-corrected chi connectivity index (χ1v) is 20.8. The van der Waals surface area contributed by atoms with Crippen molar-refractivity contribution in [2.45, 2.75) is 111 Å². The topological polar surface area (TPSA) is 6.48 Å². The maximum absolute atomic E-state index is 7.78. The SMILES string of the molecule is CCC(C)(C)c1ccc(N(c2ccc(C(C)(C)C)cc2Cl)c2cccc(N(c3ccc(C(C)(C)C)cc3)c3csc4ccc(C(C)(C)C)cc34)c2Cl)cc1. The van der Waals surface area contributed by atoms with E-state index < -0.39 is 0 Å². The van der Waals surface area contributed by atoms with Crippen LogP contribution in [0.5, 0.6) is 0 Å². The van der Waals surface area contributed by atoms with E-state index in [1.54, 1.807) is 11.3 Å². The fraction of sp³-hybridized carbons (Fsp3) is 0.347. The molecule has 54 heavy (non-hydrogen) atoms. The van der Waals surface area contributed by atoms with Crippen LogP contribution in [0.3, 0.4) is 0 Å². The molecule has 0 saturated carbocycles. The second-order valence-corrected chi connectivity index (χ2v) is 20.1. The first-order chi connectivity index (χ1) is 25.2. The van der Waals surface area contributed by atoms with E-state index >= 15 is 0 Å². The zero-order valence-corrected chi connectivity index (χ0v) is 36.5. The van der Waals surface area contributed by atoms with Gasteiger partial charge in [-0.1, -0.05) is 149 Å². The summed E-state index contributed by atoms with van der Waals surface area (Å²) in [7, 11) is 0. The van der Waals surface area contributed by atoms with Crippen LogP contribution in [0.25, 0.3) is 10.1 Å². The number of anilines is 6. The van der Waals surface area contributed by atoms with Gasteiger partial charge >= 0.3 is 0 Å². The molecule has 0 bridgehead atoms. The molecule has 0 spiro atoms. The molecular weight excluding hydrogens is 720 g/mol. The zero-order chi connectivity index (χ0) is 39.4. The minimum atomic E-state index is -0.0445. The van der Waals surface area contributed by atoms with Gasteiger partial charge in [0.05, 0.1) is 32.8 Å². The maximum atomic E-state index is 7.78. The van der Waals surface area contributed by atoms with Gasteiger partial charge in [0.2, 0.25) is 0 Å². The van der Waals surface area contributed by atoms with Crippen molar-refractivity contribution in [2.24, 2.45) is 0 Å². The smallest absolute Gasteiger partial charge is 0.0887 e. The molecule has 1 heterocycles. The Morgan fingerprint density at radius 2 is 0.963 bits per heavy atom. The highest BCUT2D eigenvalue weighted by Gasteiger charge is 2.27. The average molecular weight is 776 g/mol. The Morgan fingerprint density at radius 1 is 0.500 bits per heavy atom. The Bertz CT molecular complexity index is 2260. The molecule has 0 aliphatic heterocycles. The van der Waals surface area contributed by atoms with Crippen LogP contribution in [0.15, 0.2) is 109 Å². The third-order valence-corrected chi connectivity index (χ3v) is 12.6. The third-order valence-electron chi connectivity index (χ3n) is 10.9. The standard InChI is InChI=1S/C49H56Cl2N2S/c1-13-49(11,12)33-19-25-36(26-20-33)52(40-27-21-35(30-39(40)50)48(8,9)10)41-15-14-16-42(45(41)51)53(37-23-17-32(18-24-37)46(2,3)4)43-31-54-44-28-22-34(29-38(43)44)47(5,6)7/h14-31H,13H2,1-12H3. The summed E-state index contributed by atoms with van der Waals surface area (Å²) < 4.78 is 1.24. The maximum Gasteiger partial charge on any atom is 0.0887 e. The van der Waals surface area contributed by atoms with Crippen LogP contribution in [-0.4, -0.2) is 0 Å². The molecule has 6 aromatic rings. The van der Waals surface area contributed by atoms with Gasteiger partial charge in [-0.05, 0) is 111 Å². The summed E-state index contributed by atoms with van der Waals surface area (Å²) in [6.45, 7) is 27.0. The van der Waals surface area contributed by atoms with Gasteiger partial charge in [0, 0.05) is 26.8 Å². The van der Waals surface area contributed by atoms with E-state index in [4.69, 9.17) is 23.2 Å². The third kappa shape index (κ3) is 7.97. The first kappa shape index (κ1) is 39.9. The largest absolute Gasteiger partial charge is 0.307 e.